The number of benzene rings is 2. The predicted octanol–water partition coefficient (Wildman–Crippen LogP) is 4.84. The van der Waals surface area contributed by atoms with Crippen LogP contribution in [0.1, 0.15) is 25.6 Å². The van der Waals surface area contributed by atoms with Gasteiger partial charge in [-0.3, -0.25) is 9.59 Å². The van der Waals surface area contributed by atoms with Crippen LogP contribution in [0.4, 0.5) is 24.5 Å². The molecule has 32 heavy (non-hydrogen) atoms. The molecule has 2 aromatic carbocycles. The fourth-order valence-electron chi connectivity index (χ4n) is 2.79. The van der Waals surface area contributed by atoms with Crippen LogP contribution < -0.4 is 10.2 Å². The lowest BCUT2D eigenvalue weighted by Gasteiger charge is -2.19. The minimum Gasteiger partial charge on any atom is -0.452 e. The molecule has 2 amide bonds. The molecule has 0 fully saturated rings. The van der Waals surface area contributed by atoms with Crippen LogP contribution in [-0.4, -0.2) is 31.4 Å². The van der Waals surface area contributed by atoms with E-state index >= 15 is 0 Å². The summed E-state index contributed by atoms with van der Waals surface area (Å²) in [4.78, 5) is 39.0. The number of ether oxygens (including phenoxy) is 1. The number of nitrogens with one attached hydrogen (secondary N) is 1. The van der Waals surface area contributed by atoms with Gasteiger partial charge in [0.05, 0.1) is 21.7 Å². The SMILES string of the molecule is CN(C(=O)c1cccs1)c1ccccc1C(=O)OCC(=O)Nc1cccc(C(F)(F)F)c1. The Morgan fingerprint density at radius 1 is 1.03 bits per heavy atom. The minimum atomic E-state index is -4.55. The van der Waals surface area contributed by atoms with Gasteiger partial charge in [0, 0.05) is 12.7 Å². The van der Waals surface area contributed by atoms with Crippen molar-refractivity contribution in [1.82, 2.24) is 0 Å². The third-order valence-electron chi connectivity index (χ3n) is 4.33. The van der Waals surface area contributed by atoms with E-state index in [4.69, 9.17) is 4.74 Å². The van der Waals surface area contributed by atoms with Gasteiger partial charge in [0.1, 0.15) is 0 Å². The fraction of sp³-hybridized carbons (Fsp3) is 0.136. The van der Waals surface area contributed by atoms with Gasteiger partial charge in [0.15, 0.2) is 6.61 Å². The second-order valence-electron chi connectivity index (χ2n) is 6.56. The van der Waals surface area contributed by atoms with Crippen molar-refractivity contribution in [3.63, 3.8) is 0 Å². The Hall–Kier alpha value is -3.66. The predicted molar refractivity (Wildman–Crippen MR) is 114 cm³/mol. The molecule has 0 bridgehead atoms. The normalized spacial score (nSPS) is 11.0. The number of esters is 1. The van der Waals surface area contributed by atoms with Gasteiger partial charge in [-0.1, -0.05) is 24.3 Å². The average Bonchev–Trinajstić information content (AvgIpc) is 3.31. The lowest BCUT2D eigenvalue weighted by atomic mass is 10.1. The molecule has 6 nitrogen and oxygen atoms in total. The molecule has 0 atom stereocenters. The molecule has 0 saturated heterocycles. The van der Waals surface area contributed by atoms with E-state index in [9.17, 15) is 27.6 Å². The molecular formula is C22H17F3N2O4S. The first-order valence-corrected chi connectivity index (χ1v) is 10.1. The van der Waals surface area contributed by atoms with Crippen molar-refractivity contribution in [1.29, 1.82) is 0 Å². The third-order valence-corrected chi connectivity index (χ3v) is 5.19. The molecule has 0 saturated carbocycles. The van der Waals surface area contributed by atoms with Crippen molar-refractivity contribution >= 4 is 40.5 Å². The quantitative estimate of drug-likeness (QED) is 0.532. The molecule has 1 N–H and O–H groups in total. The zero-order chi connectivity index (χ0) is 23.3. The Morgan fingerprint density at radius 2 is 1.78 bits per heavy atom. The van der Waals surface area contributed by atoms with Crippen LogP contribution in [0.2, 0.25) is 0 Å². The zero-order valence-electron chi connectivity index (χ0n) is 16.7. The molecule has 1 aromatic heterocycles. The summed E-state index contributed by atoms with van der Waals surface area (Å²) in [7, 11) is 1.51. The standard InChI is InChI=1S/C22H17F3N2O4S/c1-27(20(29)18-10-5-11-32-18)17-9-3-2-8-16(17)21(30)31-13-19(28)26-15-7-4-6-14(12-15)22(23,24)25/h2-12H,13H2,1H3,(H,26,28). The van der Waals surface area contributed by atoms with Crippen molar-refractivity contribution in [2.75, 3.05) is 23.9 Å². The minimum absolute atomic E-state index is 0.0618. The number of anilines is 2. The maximum atomic E-state index is 12.8. The number of hydrogen-bond acceptors (Lipinski definition) is 5. The number of halogens is 3. The first-order chi connectivity index (χ1) is 15.2. The van der Waals surface area contributed by atoms with E-state index in [0.29, 0.717) is 4.88 Å². The van der Waals surface area contributed by atoms with Crippen LogP contribution in [0.3, 0.4) is 0 Å². The van der Waals surface area contributed by atoms with Crippen LogP contribution >= 0.6 is 11.3 Å². The van der Waals surface area contributed by atoms with Crippen LogP contribution in [0.5, 0.6) is 0 Å². The lowest BCUT2D eigenvalue weighted by Crippen LogP contribution is -2.28. The van der Waals surface area contributed by atoms with Crippen molar-refractivity contribution in [2.24, 2.45) is 0 Å². The second kappa shape index (κ2) is 9.65. The first kappa shape index (κ1) is 23.0. The van der Waals surface area contributed by atoms with Crippen molar-refractivity contribution < 1.29 is 32.3 Å². The Labute approximate surface area is 185 Å². The van der Waals surface area contributed by atoms with E-state index in [1.807, 2.05) is 0 Å². The molecule has 1 heterocycles. The van der Waals surface area contributed by atoms with E-state index in [-0.39, 0.29) is 22.8 Å². The molecule has 0 aliphatic carbocycles. The van der Waals surface area contributed by atoms with Crippen molar-refractivity contribution in [2.45, 2.75) is 6.18 Å². The monoisotopic (exact) mass is 462 g/mol. The molecule has 0 unspecified atom stereocenters. The van der Waals surface area contributed by atoms with Crippen molar-refractivity contribution in [3.8, 4) is 0 Å². The Bertz CT molecular complexity index is 1130. The molecule has 166 valence electrons. The number of thiophene rings is 1. The highest BCUT2D eigenvalue weighted by molar-refractivity contribution is 7.12. The molecule has 0 aliphatic heterocycles. The summed E-state index contributed by atoms with van der Waals surface area (Å²) in [6.07, 6.45) is -4.55. The molecule has 10 heteroatoms. The number of nitrogens with zero attached hydrogens (tertiary/aromatic N) is 1. The van der Waals surface area contributed by atoms with E-state index in [1.165, 1.54) is 35.4 Å². The van der Waals surface area contributed by atoms with E-state index in [1.54, 1.807) is 35.7 Å². The summed E-state index contributed by atoms with van der Waals surface area (Å²) in [5, 5.41) is 4.01. The van der Waals surface area contributed by atoms with E-state index < -0.39 is 30.2 Å². The third kappa shape index (κ3) is 5.52. The highest BCUT2D eigenvalue weighted by Crippen LogP contribution is 2.30. The topological polar surface area (TPSA) is 75.7 Å². The first-order valence-electron chi connectivity index (χ1n) is 9.21. The number of alkyl halides is 3. The highest BCUT2D eigenvalue weighted by atomic mass is 32.1. The summed E-state index contributed by atoms with van der Waals surface area (Å²) < 4.78 is 43.4. The summed E-state index contributed by atoms with van der Waals surface area (Å²) in [5.74, 6) is -1.98. The molecular weight excluding hydrogens is 445 g/mol. The number of amides is 2. The molecule has 0 spiro atoms. The summed E-state index contributed by atoms with van der Waals surface area (Å²) in [6, 6.07) is 13.7. The highest BCUT2D eigenvalue weighted by Gasteiger charge is 2.30. The van der Waals surface area contributed by atoms with E-state index in [2.05, 4.69) is 5.32 Å². The van der Waals surface area contributed by atoms with Gasteiger partial charge in [-0.25, -0.2) is 4.79 Å². The Balaban J connectivity index is 1.66. The zero-order valence-corrected chi connectivity index (χ0v) is 17.5. The maximum absolute atomic E-state index is 12.8. The van der Waals surface area contributed by atoms with E-state index in [0.717, 1.165) is 18.2 Å². The van der Waals surface area contributed by atoms with Crippen LogP contribution in [0.15, 0.2) is 66.0 Å². The Morgan fingerprint density at radius 3 is 2.47 bits per heavy atom. The van der Waals surface area contributed by atoms with Gasteiger partial charge in [-0.2, -0.15) is 13.2 Å². The smallest absolute Gasteiger partial charge is 0.416 e. The van der Waals surface area contributed by atoms with Gasteiger partial charge in [0.2, 0.25) is 0 Å². The number of hydrogen-bond donors (Lipinski definition) is 1. The average molecular weight is 462 g/mol. The van der Waals surface area contributed by atoms with Crippen LogP contribution in [0, 0.1) is 0 Å². The second-order valence-corrected chi connectivity index (χ2v) is 7.51. The van der Waals surface area contributed by atoms with Crippen molar-refractivity contribution in [3.05, 3.63) is 82.0 Å². The van der Waals surface area contributed by atoms with Gasteiger partial charge < -0.3 is 15.0 Å². The van der Waals surface area contributed by atoms with Gasteiger partial charge in [-0.05, 0) is 41.8 Å². The largest absolute Gasteiger partial charge is 0.452 e. The van der Waals surface area contributed by atoms with Gasteiger partial charge in [-0.15, -0.1) is 11.3 Å². The number of carbonyl (C=O) groups is 3. The van der Waals surface area contributed by atoms with Crippen LogP contribution in [-0.2, 0) is 15.7 Å². The molecule has 3 rings (SSSR count). The summed E-state index contributed by atoms with van der Waals surface area (Å²) >= 11 is 1.26. The van der Waals surface area contributed by atoms with Crippen LogP contribution in [0.25, 0.3) is 0 Å². The summed E-state index contributed by atoms with van der Waals surface area (Å²) in [5.41, 5.74) is -0.650. The lowest BCUT2D eigenvalue weighted by molar-refractivity contribution is -0.137. The van der Waals surface area contributed by atoms with Gasteiger partial charge >= 0.3 is 12.1 Å². The Kier molecular flexibility index (Phi) is 6.94. The summed E-state index contributed by atoms with van der Waals surface area (Å²) in [6.45, 7) is -0.716. The molecule has 0 aliphatic rings. The molecule has 0 radical (unpaired) electrons. The number of rotatable bonds is 6. The maximum Gasteiger partial charge on any atom is 0.416 e. The fourth-order valence-corrected chi connectivity index (χ4v) is 3.49. The van der Waals surface area contributed by atoms with Gasteiger partial charge in [0.25, 0.3) is 11.8 Å². The molecule has 3 aromatic rings. The number of carbonyl (C=O) groups excluding carboxylic acids is 3. The number of para-hydroxylation sites is 1.